The molecule has 1 atom stereocenters. The van der Waals surface area contributed by atoms with Gasteiger partial charge < -0.3 is 10.1 Å². The fourth-order valence-corrected chi connectivity index (χ4v) is 1.49. The third-order valence-corrected chi connectivity index (χ3v) is 2.64. The predicted octanol–water partition coefficient (Wildman–Crippen LogP) is -0.596. The minimum absolute atomic E-state index is 0.0859. The van der Waals surface area contributed by atoms with Crippen molar-refractivity contribution in [2.75, 3.05) is 13.7 Å². The molecule has 2 aliphatic rings. The van der Waals surface area contributed by atoms with Crippen molar-refractivity contribution in [1.29, 1.82) is 0 Å². The second kappa shape index (κ2) is 4.51. The molecule has 0 spiro atoms. The van der Waals surface area contributed by atoms with E-state index in [2.05, 4.69) is 20.4 Å². The van der Waals surface area contributed by atoms with Crippen molar-refractivity contribution in [3.8, 4) is 0 Å². The number of methoxy groups -OCH3 is 1. The molecule has 6 heteroatoms. The molecular weight excluding hydrogens is 210 g/mol. The number of amides is 1. The first-order chi connectivity index (χ1) is 7.69. The molecule has 0 aromatic rings. The Morgan fingerprint density at radius 3 is 2.94 bits per heavy atom. The summed E-state index contributed by atoms with van der Waals surface area (Å²) in [7, 11) is 1.31. The van der Waals surface area contributed by atoms with E-state index in [0.717, 1.165) is 12.8 Å². The molecular formula is C10H15N3O3. The highest BCUT2D eigenvalue weighted by Crippen LogP contribution is 2.19. The van der Waals surface area contributed by atoms with E-state index in [1.807, 2.05) is 0 Å². The average molecular weight is 225 g/mol. The highest BCUT2D eigenvalue weighted by Gasteiger charge is 2.29. The Morgan fingerprint density at radius 1 is 1.62 bits per heavy atom. The predicted molar refractivity (Wildman–Crippen MR) is 56.7 cm³/mol. The lowest BCUT2D eigenvalue weighted by molar-refractivity contribution is -0.143. The van der Waals surface area contributed by atoms with Crippen LogP contribution in [0.15, 0.2) is 4.99 Å². The molecule has 1 saturated carbocycles. The summed E-state index contributed by atoms with van der Waals surface area (Å²) in [6.45, 7) is 0.343. The van der Waals surface area contributed by atoms with Crippen LogP contribution in [0, 0.1) is 5.92 Å². The van der Waals surface area contributed by atoms with Crippen molar-refractivity contribution in [1.82, 2.24) is 10.6 Å². The molecule has 0 aromatic heterocycles. The molecule has 0 saturated heterocycles. The van der Waals surface area contributed by atoms with E-state index in [9.17, 15) is 9.59 Å². The molecule has 0 radical (unpaired) electrons. The summed E-state index contributed by atoms with van der Waals surface area (Å²) in [5, 5.41) is 5.77. The normalized spacial score (nSPS) is 24.4. The molecule has 1 heterocycles. The Balaban J connectivity index is 1.87. The van der Waals surface area contributed by atoms with Gasteiger partial charge in [-0.1, -0.05) is 0 Å². The lowest BCUT2D eigenvalue weighted by atomic mass is 10.0. The van der Waals surface area contributed by atoms with E-state index >= 15 is 0 Å². The van der Waals surface area contributed by atoms with Crippen LogP contribution in [0.25, 0.3) is 0 Å². The fourth-order valence-electron chi connectivity index (χ4n) is 1.49. The molecule has 1 aliphatic heterocycles. The molecule has 0 bridgehead atoms. The van der Waals surface area contributed by atoms with Gasteiger partial charge in [0, 0.05) is 6.04 Å². The number of hydrogen-bond donors (Lipinski definition) is 2. The molecule has 2 N–H and O–H groups in total. The van der Waals surface area contributed by atoms with Gasteiger partial charge in [-0.15, -0.1) is 0 Å². The smallest absolute Gasteiger partial charge is 0.306 e. The van der Waals surface area contributed by atoms with Crippen LogP contribution >= 0.6 is 0 Å². The third-order valence-electron chi connectivity index (χ3n) is 2.64. The van der Waals surface area contributed by atoms with E-state index in [1.54, 1.807) is 0 Å². The van der Waals surface area contributed by atoms with E-state index in [1.165, 1.54) is 7.11 Å². The highest BCUT2D eigenvalue weighted by atomic mass is 16.5. The summed E-state index contributed by atoms with van der Waals surface area (Å²) in [5.74, 6) is -0.414. The van der Waals surface area contributed by atoms with Gasteiger partial charge in [0.25, 0.3) is 0 Å². The summed E-state index contributed by atoms with van der Waals surface area (Å²) < 4.78 is 4.52. The Morgan fingerprint density at radius 2 is 2.38 bits per heavy atom. The van der Waals surface area contributed by atoms with Gasteiger partial charge >= 0.3 is 5.97 Å². The van der Waals surface area contributed by atoms with Gasteiger partial charge in [0.1, 0.15) is 0 Å². The van der Waals surface area contributed by atoms with Crippen LogP contribution in [0.3, 0.4) is 0 Å². The minimum Gasteiger partial charge on any atom is -0.469 e. The number of carbonyl (C=O) groups is 2. The summed E-state index contributed by atoms with van der Waals surface area (Å²) >= 11 is 0. The molecule has 1 fully saturated rings. The number of hydrogen-bond acceptors (Lipinski definition) is 5. The Hall–Kier alpha value is -1.59. The molecule has 0 unspecified atom stereocenters. The number of ether oxygens (including phenoxy) is 1. The van der Waals surface area contributed by atoms with E-state index < -0.39 is 5.92 Å². The first-order valence-corrected chi connectivity index (χ1v) is 5.37. The number of rotatable bonds is 3. The largest absolute Gasteiger partial charge is 0.469 e. The first kappa shape index (κ1) is 10.9. The van der Waals surface area contributed by atoms with Gasteiger partial charge in [-0.25, -0.2) is 0 Å². The van der Waals surface area contributed by atoms with Gasteiger partial charge in [0.15, 0.2) is 5.96 Å². The summed E-state index contributed by atoms with van der Waals surface area (Å²) in [6.07, 6.45) is 2.34. The lowest BCUT2D eigenvalue weighted by Crippen LogP contribution is -2.49. The Labute approximate surface area is 93.4 Å². The van der Waals surface area contributed by atoms with Crippen LogP contribution < -0.4 is 10.6 Å². The van der Waals surface area contributed by atoms with Gasteiger partial charge in [-0.2, -0.15) is 0 Å². The monoisotopic (exact) mass is 225 g/mol. The standard InChI is InChI=1S/C10H15N3O3/c1-16-8(14)4-6-5-11-10(13-9(6)15)12-7-2-3-7/h6-7H,2-5H2,1H3,(H2,11,12,13,15)/t6-/m1/s1. The van der Waals surface area contributed by atoms with Crippen LogP contribution in [0.1, 0.15) is 19.3 Å². The molecule has 6 nitrogen and oxygen atoms in total. The number of guanidine groups is 1. The quantitative estimate of drug-likeness (QED) is 0.629. The molecule has 2 rings (SSSR count). The van der Waals surface area contributed by atoms with Crippen LogP contribution in [0.4, 0.5) is 0 Å². The van der Waals surface area contributed by atoms with E-state index in [4.69, 9.17) is 0 Å². The summed E-state index contributed by atoms with van der Waals surface area (Å²) in [6, 6.07) is 0.455. The molecule has 88 valence electrons. The Bertz CT molecular complexity index is 336. The van der Waals surface area contributed by atoms with Gasteiger partial charge in [0.2, 0.25) is 5.91 Å². The highest BCUT2D eigenvalue weighted by molar-refractivity contribution is 6.01. The zero-order valence-corrected chi connectivity index (χ0v) is 9.16. The number of carbonyl (C=O) groups excluding carboxylic acids is 2. The van der Waals surface area contributed by atoms with Gasteiger partial charge in [-0.3, -0.25) is 19.9 Å². The molecule has 1 aliphatic carbocycles. The van der Waals surface area contributed by atoms with Gasteiger partial charge in [0.05, 0.1) is 26.0 Å². The average Bonchev–Trinajstić information content (AvgIpc) is 3.06. The second-order valence-electron chi connectivity index (χ2n) is 4.07. The van der Waals surface area contributed by atoms with Crippen LogP contribution in [-0.2, 0) is 14.3 Å². The third kappa shape index (κ3) is 2.71. The van der Waals surface area contributed by atoms with Crippen molar-refractivity contribution in [2.45, 2.75) is 25.3 Å². The Kier molecular flexibility index (Phi) is 3.07. The van der Waals surface area contributed by atoms with E-state index in [0.29, 0.717) is 18.5 Å². The summed E-state index contributed by atoms with van der Waals surface area (Å²) in [5.41, 5.74) is 0. The summed E-state index contributed by atoms with van der Waals surface area (Å²) in [4.78, 5) is 26.8. The van der Waals surface area contributed by atoms with Crippen molar-refractivity contribution < 1.29 is 14.3 Å². The maximum absolute atomic E-state index is 11.6. The van der Waals surface area contributed by atoms with Crippen LogP contribution in [0.5, 0.6) is 0 Å². The molecule has 16 heavy (non-hydrogen) atoms. The van der Waals surface area contributed by atoms with Crippen molar-refractivity contribution in [3.63, 3.8) is 0 Å². The van der Waals surface area contributed by atoms with E-state index in [-0.39, 0.29) is 18.3 Å². The topological polar surface area (TPSA) is 79.8 Å². The number of nitrogens with one attached hydrogen (secondary N) is 2. The van der Waals surface area contributed by atoms with Crippen molar-refractivity contribution >= 4 is 17.8 Å². The SMILES string of the molecule is COC(=O)C[C@@H]1CN=C(NC2CC2)NC1=O. The van der Waals surface area contributed by atoms with Crippen LogP contribution in [0.2, 0.25) is 0 Å². The number of nitrogens with zero attached hydrogens (tertiary/aromatic N) is 1. The maximum Gasteiger partial charge on any atom is 0.306 e. The maximum atomic E-state index is 11.6. The fraction of sp³-hybridized carbons (Fsp3) is 0.700. The van der Waals surface area contributed by atoms with Crippen molar-refractivity contribution in [2.24, 2.45) is 10.9 Å². The number of aliphatic imine (C=N–C) groups is 1. The second-order valence-corrected chi connectivity index (χ2v) is 4.07. The zero-order valence-electron chi connectivity index (χ0n) is 9.16. The first-order valence-electron chi connectivity index (χ1n) is 5.37. The van der Waals surface area contributed by atoms with Gasteiger partial charge in [-0.05, 0) is 12.8 Å². The minimum atomic E-state index is -0.405. The van der Waals surface area contributed by atoms with Crippen LogP contribution in [-0.4, -0.2) is 37.5 Å². The zero-order chi connectivity index (χ0) is 11.5. The number of esters is 1. The molecule has 0 aromatic carbocycles. The molecule has 1 amide bonds. The lowest BCUT2D eigenvalue weighted by Gasteiger charge is -2.21. The van der Waals surface area contributed by atoms with Crippen molar-refractivity contribution in [3.05, 3.63) is 0 Å².